The molecule has 28 heavy (non-hydrogen) atoms. The number of nitrogens with zero attached hydrogens (tertiary/aromatic N) is 2. The summed E-state index contributed by atoms with van der Waals surface area (Å²) in [6, 6.07) is 16.9. The second-order valence-corrected chi connectivity index (χ2v) is 6.28. The summed E-state index contributed by atoms with van der Waals surface area (Å²) in [5.74, 6) is 0.217. The molecular weight excluding hydrogens is 354 g/mol. The van der Waals surface area contributed by atoms with Crippen molar-refractivity contribution >= 4 is 23.4 Å². The number of nitriles is 1. The van der Waals surface area contributed by atoms with Crippen LogP contribution in [0, 0.1) is 11.3 Å². The van der Waals surface area contributed by atoms with E-state index in [1.807, 2.05) is 43.3 Å². The first-order valence-electron chi connectivity index (χ1n) is 9.28. The zero-order chi connectivity index (χ0) is 19.8. The average molecular weight is 377 g/mol. The van der Waals surface area contributed by atoms with Gasteiger partial charge in [-0.15, -0.1) is 0 Å². The zero-order valence-electron chi connectivity index (χ0n) is 15.9. The van der Waals surface area contributed by atoms with E-state index in [0.717, 1.165) is 37.6 Å². The van der Waals surface area contributed by atoms with Gasteiger partial charge in [0.25, 0.3) is 5.91 Å². The largest absolute Gasteiger partial charge is 0.494 e. The van der Waals surface area contributed by atoms with Gasteiger partial charge in [0.05, 0.1) is 19.8 Å². The van der Waals surface area contributed by atoms with Crippen LogP contribution in [0.3, 0.4) is 0 Å². The van der Waals surface area contributed by atoms with Crippen LogP contribution >= 0.6 is 0 Å². The van der Waals surface area contributed by atoms with Gasteiger partial charge in [-0.25, -0.2) is 0 Å². The number of carbonyl (C=O) groups excluding carboxylic acids is 1. The number of rotatable bonds is 6. The Hall–Kier alpha value is -3.30. The van der Waals surface area contributed by atoms with Gasteiger partial charge in [-0.05, 0) is 42.8 Å². The highest BCUT2D eigenvalue weighted by atomic mass is 16.5. The van der Waals surface area contributed by atoms with E-state index in [4.69, 9.17) is 9.47 Å². The fourth-order valence-electron chi connectivity index (χ4n) is 2.95. The number of ether oxygens (including phenoxy) is 2. The molecule has 1 aliphatic rings. The van der Waals surface area contributed by atoms with Gasteiger partial charge < -0.3 is 19.7 Å². The Kier molecular flexibility index (Phi) is 6.66. The lowest BCUT2D eigenvalue weighted by molar-refractivity contribution is -0.112. The number of carbonyl (C=O) groups is 1. The van der Waals surface area contributed by atoms with Crippen LogP contribution in [-0.2, 0) is 9.53 Å². The van der Waals surface area contributed by atoms with Crippen LogP contribution in [0.15, 0.2) is 54.1 Å². The molecular formula is C22H23N3O3. The summed E-state index contributed by atoms with van der Waals surface area (Å²) in [5.41, 5.74) is 2.53. The molecule has 2 aromatic carbocycles. The number of morpholine rings is 1. The average Bonchev–Trinajstić information content (AvgIpc) is 2.73. The van der Waals surface area contributed by atoms with Crippen LogP contribution in [0.1, 0.15) is 12.5 Å². The summed E-state index contributed by atoms with van der Waals surface area (Å²) in [4.78, 5) is 14.7. The third kappa shape index (κ3) is 5.12. The molecule has 144 valence electrons. The van der Waals surface area contributed by atoms with Gasteiger partial charge in [0.15, 0.2) is 0 Å². The Balaban J connectivity index is 1.69. The molecule has 0 spiro atoms. The molecule has 0 unspecified atom stereocenters. The lowest BCUT2D eigenvalue weighted by Gasteiger charge is -2.28. The minimum atomic E-state index is -0.451. The summed E-state index contributed by atoms with van der Waals surface area (Å²) < 4.78 is 10.8. The normalized spacial score (nSPS) is 14.3. The SMILES string of the molecule is CCOc1cccc(NC(=O)/C(C#N)=C\c2ccc(N3CCOCC3)cc2)c1. The minimum absolute atomic E-state index is 0.0425. The first kappa shape index (κ1) is 19.5. The smallest absolute Gasteiger partial charge is 0.266 e. The van der Waals surface area contributed by atoms with E-state index in [9.17, 15) is 10.1 Å². The van der Waals surface area contributed by atoms with Gasteiger partial charge >= 0.3 is 0 Å². The van der Waals surface area contributed by atoms with Crippen LogP contribution in [0.25, 0.3) is 6.08 Å². The summed E-state index contributed by atoms with van der Waals surface area (Å²) in [7, 11) is 0. The predicted molar refractivity (Wildman–Crippen MR) is 109 cm³/mol. The van der Waals surface area contributed by atoms with Crippen molar-refractivity contribution in [1.29, 1.82) is 5.26 Å². The first-order chi connectivity index (χ1) is 13.7. The third-order valence-corrected chi connectivity index (χ3v) is 4.35. The van der Waals surface area contributed by atoms with Gasteiger partial charge in [-0.3, -0.25) is 4.79 Å². The van der Waals surface area contributed by atoms with Crippen LogP contribution < -0.4 is 15.0 Å². The third-order valence-electron chi connectivity index (χ3n) is 4.35. The van der Waals surface area contributed by atoms with E-state index < -0.39 is 5.91 Å². The van der Waals surface area contributed by atoms with Crippen molar-refractivity contribution in [2.45, 2.75) is 6.92 Å². The first-order valence-corrected chi connectivity index (χ1v) is 9.28. The van der Waals surface area contributed by atoms with E-state index in [1.165, 1.54) is 0 Å². The standard InChI is InChI=1S/C22H23N3O3/c1-2-28-21-5-3-4-19(15-21)24-22(26)18(16-23)14-17-6-8-20(9-7-17)25-10-12-27-13-11-25/h3-9,14-15H,2,10-13H2,1H3,(H,24,26)/b18-14-. The molecule has 1 fully saturated rings. The van der Waals surface area contributed by atoms with Crippen molar-refractivity contribution in [3.05, 3.63) is 59.7 Å². The van der Waals surface area contributed by atoms with Gasteiger partial charge in [0.1, 0.15) is 17.4 Å². The zero-order valence-corrected chi connectivity index (χ0v) is 15.9. The Morgan fingerprint density at radius 3 is 2.68 bits per heavy atom. The van der Waals surface area contributed by atoms with E-state index >= 15 is 0 Å². The highest BCUT2D eigenvalue weighted by molar-refractivity contribution is 6.09. The number of benzene rings is 2. The molecule has 0 bridgehead atoms. The molecule has 0 aliphatic carbocycles. The molecule has 3 rings (SSSR count). The highest BCUT2D eigenvalue weighted by Crippen LogP contribution is 2.20. The summed E-state index contributed by atoms with van der Waals surface area (Å²) in [5, 5.41) is 12.2. The molecule has 0 radical (unpaired) electrons. The monoisotopic (exact) mass is 377 g/mol. The summed E-state index contributed by atoms with van der Waals surface area (Å²) in [6.45, 7) is 5.62. The maximum atomic E-state index is 12.5. The maximum absolute atomic E-state index is 12.5. The highest BCUT2D eigenvalue weighted by Gasteiger charge is 2.12. The van der Waals surface area contributed by atoms with Crippen LogP contribution in [0.5, 0.6) is 5.75 Å². The number of hydrogen-bond acceptors (Lipinski definition) is 5. The number of hydrogen-bond donors (Lipinski definition) is 1. The molecule has 0 atom stereocenters. The molecule has 1 N–H and O–H groups in total. The Morgan fingerprint density at radius 2 is 2.00 bits per heavy atom. The molecule has 1 heterocycles. The topological polar surface area (TPSA) is 74.6 Å². The fraction of sp³-hybridized carbons (Fsp3) is 0.273. The van der Waals surface area contributed by atoms with Crippen molar-refractivity contribution in [3.63, 3.8) is 0 Å². The second kappa shape index (κ2) is 9.58. The number of amides is 1. The lowest BCUT2D eigenvalue weighted by atomic mass is 10.1. The van der Waals surface area contributed by atoms with E-state index in [1.54, 1.807) is 24.3 Å². The van der Waals surface area contributed by atoms with E-state index in [-0.39, 0.29) is 5.57 Å². The van der Waals surface area contributed by atoms with Crippen LogP contribution in [-0.4, -0.2) is 38.8 Å². The van der Waals surface area contributed by atoms with Gasteiger partial charge in [0.2, 0.25) is 0 Å². The van der Waals surface area contributed by atoms with Crippen LogP contribution in [0.2, 0.25) is 0 Å². The summed E-state index contributed by atoms with van der Waals surface area (Å²) in [6.07, 6.45) is 1.59. The molecule has 0 saturated carbocycles. The summed E-state index contributed by atoms with van der Waals surface area (Å²) >= 11 is 0. The minimum Gasteiger partial charge on any atom is -0.494 e. The fourth-order valence-corrected chi connectivity index (χ4v) is 2.95. The predicted octanol–water partition coefficient (Wildman–Crippen LogP) is 3.47. The second-order valence-electron chi connectivity index (χ2n) is 6.28. The molecule has 1 amide bonds. The van der Waals surface area contributed by atoms with Gasteiger partial charge in [0, 0.05) is 30.5 Å². The molecule has 6 nitrogen and oxygen atoms in total. The van der Waals surface area contributed by atoms with Crippen molar-refractivity contribution < 1.29 is 14.3 Å². The molecule has 1 saturated heterocycles. The van der Waals surface area contributed by atoms with Gasteiger partial charge in [-0.1, -0.05) is 18.2 Å². The number of nitrogens with one attached hydrogen (secondary N) is 1. The Labute approximate surface area is 165 Å². The Bertz CT molecular complexity index is 879. The van der Waals surface area contributed by atoms with Gasteiger partial charge in [-0.2, -0.15) is 5.26 Å². The molecule has 6 heteroatoms. The van der Waals surface area contributed by atoms with Crippen molar-refractivity contribution in [2.75, 3.05) is 43.1 Å². The Morgan fingerprint density at radius 1 is 1.25 bits per heavy atom. The maximum Gasteiger partial charge on any atom is 0.266 e. The lowest BCUT2D eigenvalue weighted by Crippen LogP contribution is -2.36. The van der Waals surface area contributed by atoms with E-state index in [0.29, 0.717) is 18.0 Å². The van der Waals surface area contributed by atoms with Crippen molar-refractivity contribution in [1.82, 2.24) is 0 Å². The van der Waals surface area contributed by atoms with Crippen LogP contribution in [0.4, 0.5) is 11.4 Å². The number of anilines is 2. The van der Waals surface area contributed by atoms with Crippen molar-refractivity contribution in [2.24, 2.45) is 0 Å². The quantitative estimate of drug-likeness (QED) is 0.616. The molecule has 2 aromatic rings. The molecule has 1 aliphatic heterocycles. The van der Waals surface area contributed by atoms with Crippen molar-refractivity contribution in [3.8, 4) is 11.8 Å². The molecule has 0 aromatic heterocycles. The van der Waals surface area contributed by atoms with E-state index in [2.05, 4.69) is 10.2 Å².